The van der Waals surface area contributed by atoms with Crippen molar-refractivity contribution in [2.75, 3.05) is 26.2 Å². The number of benzene rings is 1. The van der Waals surface area contributed by atoms with Crippen LogP contribution in [0.2, 0.25) is 0 Å². The highest BCUT2D eigenvalue weighted by molar-refractivity contribution is 9.11. The van der Waals surface area contributed by atoms with E-state index in [9.17, 15) is 4.79 Å². The third-order valence-corrected chi connectivity index (χ3v) is 6.62. The van der Waals surface area contributed by atoms with Gasteiger partial charge in [-0.25, -0.2) is 0 Å². The van der Waals surface area contributed by atoms with Crippen molar-refractivity contribution < 1.29 is 4.79 Å². The van der Waals surface area contributed by atoms with E-state index in [1.807, 2.05) is 11.0 Å². The molecule has 0 bridgehead atoms. The lowest BCUT2D eigenvalue weighted by molar-refractivity contribution is 0.0629. The molecule has 126 valence electrons. The molecule has 0 spiro atoms. The van der Waals surface area contributed by atoms with Crippen LogP contribution >= 0.6 is 27.3 Å². The first kappa shape index (κ1) is 16.3. The fourth-order valence-corrected chi connectivity index (χ4v) is 5.18. The van der Waals surface area contributed by atoms with Crippen LogP contribution in [0.5, 0.6) is 0 Å². The number of nitrogens with zero attached hydrogens (tertiary/aromatic N) is 2. The lowest BCUT2D eigenvalue weighted by Crippen LogP contribution is -2.48. The standard InChI is InChI=1S/C19H21BrN2OS/c20-18-7-6-17(24-18)13-21-8-10-22(11-9-21)19(23)16-5-4-14-2-1-3-15(14)12-16/h4-7,12H,1-3,8-11,13H2. The molecule has 2 aromatic rings. The number of hydrogen-bond acceptors (Lipinski definition) is 3. The Labute approximate surface area is 155 Å². The topological polar surface area (TPSA) is 23.6 Å². The molecule has 24 heavy (non-hydrogen) atoms. The van der Waals surface area contributed by atoms with Crippen LogP contribution in [0, 0.1) is 0 Å². The summed E-state index contributed by atoms with van der Waals surface area (Å²) in [6.07, 6.45) is 3.52. The molecule has 1 aliphatic heterocycles. The number of thiophene rings is 1. The number of aryl methyl sites for hydroxylation is 2. The number of rotatable bonds is 3. The number of hydrogen-bond donors (Lipinski definition) is 0. The molecule has 2 heterocycles. The molecule has 0 N–H and O–H groups in total. The second kappa shape index (κ2) is 6.98. The van der Waals surface area contributed by atoms with Gasteiger partial charge in [0.25, 0.3) is 5.91 Å². The number of piperazine rings is 1. The van der Waals surface area contributed by atoms with Crippen molar-refractivity contribution in [1.82, 2.24) is 9.80 Å². The summed E-state index contributed by atoms with van der Waals surface area (Å²) in [6.45, 7) is 4.53. The first-order valence-corrected chi connectivity index (χ1v) is 10.2. The van der Waals surface area contributed by atoms with Crippen LogP contribution in [0.4, 0.5) is 0 Å². The third kappa shape index (κ3) is 3.44. The molecular weight excluding hydrogens is 384 g/mol. The summed E-state index contributed by atoms with van der Waals surface area (Å²) in [5.74, 6) is 0.197. The zero-order chi connectivity index (χ0) is 16.5. The molecule has 1 saturated heterocycles. The van der Waals surface area contributed by atoms with Crippen molar-refractivity contribution in [3.8, 4) is 0 Å². The molecule has 1 fully saturated rings. The summed E-state index contributed by atoms with van der Waals surface area (Å²) in [6, 6.07) is 10.6. The molecular formula is C19H21BrN2OS. The molecule has 0 unspecified atom stereocenters. The zero-order valence-corrected chi connectivity index (χ0v) is 16.0. The van der Waals surface area contributed by atoms with Gasteiger partial charge in [0, 0.05) is 43.2 Å². The van der Waals surface area contributed by atoms with Gasteiger partial charge in [0.05, 0.1) is 3.79 Å². The maximum absolute atomic E-state index is 12.8. The smallest absolute Gasteiger partial charge is 0.253 e. The Morgan fingerprint density at radius 1 is 1.04 bits per heavy atom. The fourth-order valence-electron chi connectivity index (χ4n) is 3.65. The van der Waals surface area contributed by atoms with E-state index in [1.165, 1.54) is 32.6 Å². The Kier molecular flexibility index (Phi) is 4.74. The quantitative estimate of drug-likeness (QED) is 0.772. The summed E-state index contributed by atoms with van der Waals surface area (Å²) in [5.41, 5.74) is 3.67. The van der Waals surface area contributed by atoms with Crippen LogP contribution in [0.15, 0.2) is 34.1 Å². The maximum Gasteiger partial charge on any atom is 0.253 e. The highest BCUT2D eigenvalue weighted by atomic mass is 79.9. The van der Waals surface area contributed by atoms with Crippen molar-refractivity contribution >= 4 is 33.2 Å². The summed E-state index contributed by atoms with van der Waals surface area (Å²) in [4.78, 5) is 18.6. The molecule has 0 saturated carbocycles. The Balaban J connectivity index is 1.36. The van der Waals surface area contributed by atoms with Gasteiger partial charge in [-0.05, 0) is 70.6 Å². The van der Waals surface area contributed by atoms with Gasteiger partial charge in [0.15, 0.2) is 0 Å². The van der Waals surface area contributed by atoms with E-state index in [-0.39, 0.29) is 5.91 Å². The molecule has 2 aliphatic rings. The van der Waals surface area contributed by atoms with Crippen LogP contribution in [0.3, 0.4) is 0 Å². The van der Waals surface area contributed by atoms with E-state index in [1.54, 1.807) is 11.3 Å². The van der Waals surface area contributed by atoms with Gasteiger partial charge in [-0.2, -0.15) is 0 Å². The molecule has 1 aliphatic carbocycles. The van der Waals surface area contributed by atoms with Gasteiger partial charge in [-0.1, -0.05) is 6.07 Å². The molecule has 1 aromatic carbocycles. The Morgan fingerprint density at radius 3 is 2.58 bits per heavy atom. The second-order valence-electron chi connectivity index (χ2n) is 6.61. The number of fused-ring (bicyclic) bond motifs is 1. The SMILES string of the molecule is O=C(c1ccc2c(c1)CCC2)N1CCN(Cc2ccc(Br)s2)CC1. The normalized spacial score (nSPS) is 18.0. The lowest BCUT2D eigenvalue weighted by atomic mass is 10.1. The molecule has 1 amide bonds. The Morgan fingerprint density at radius 2 is 1.83 bits per heavy atom. The van der Waals surface area contributed by atoms with Gasteiger partial charge >= 0.3 is 0 Å². The average molecular weight is 405 g/mol. The van der Waals surface area contributed by atoms with Crippen LogP contribution in [-0.4, -0.2) is 41.9 Å². The minimum atomic E-state index is 0.197. The lowest BCUT2D eigenvalue weighted by Gasteiger charge is -2.34. The Hall–Kier alpha value is -1.17. The van der Waals surface area contributed by atoms with E-state index >= 15 is 0 Å². The molecule has 1 aromatic heterocycles. The highest BCUT2D eigenvalue weighted by Gasteiger charge is 2.23. The maximum atomic E-state index is 12.8. The molecule has 3 nitrogen and oxygen atoms in total. The van der Waals surface area contributed by atoms with Gasteiger partial charge in [0.2, 0.25) is 0 Å². The predicted octanol–water partition coefficient (Wildman–Crippen LogP) is 3.96. The van der Waals surface area contributed by atoms with Gasteiger partial charge < -0.3 is 4.90 Å². The highest BCUT2D eigenvalue weighted by Crippen LogP contribution is 2.25. The summed E-state index contributed by atoms with van der Waals surface area (Å²) >= 11 is 5.31. The summed E-state index contributed by atoms with van der Waals surface area (Å²) in [5, 5.41) is 0. The van der Waals surface area contributed by atoms with Gasteiger partial charge in [-0.3, -0.25) is 9.69 Å². The average Bonchev–Trinajstić information content (AvgIpc) is 3.23. The van der Waals surface area contributed by atoms with Crippen LogP contribution in [-0.2, 0) is 19.4 Å². The molecule has 4 rings (SSSR count). The number of carbonyl (C=O) groups is 1. The van der Waals surface area contributed by atoms with Gasteiger partial charge in [-0.15, -0.1) is 11.3 Å². The number of amides is 1. The number of halogens is 1. The monoisotopic (exact) mass is 404 g/mol. The van der Waals surface area contributed by atoms with Crippen molar-refractivity contribution in [2.45, 2.75) is 25.8 Å². The van der Waals surface area contributed by atoms with E-state index < -0.39 is 0 Å². The van der Waals surface area contributed by atoms with Gasteiger partial charge in [0.1, 0.15) is 0 Å². The minimum Gasteiger partial charge on any atom is -0.336 e. The molecule has 5 heteroatoms. The van der Waals surface area contributed by atoms with Crippen molar-refractivity contribution in [1.29, 1.82) is 0 Å². The van der Waals surface area contributed by atoms with Crippen molar-refractivity contribution in [3.63, 3.8) is 0 Å². The molecule has 0 atom stereocenters. The van der Waals surface area contributed by atoms with Crippen molar-refractivity contribution in [2.24, 2.45) is 0 Å². The second-order valence-corrected chi connectivity index (χ2v) is 9.16. The van der Waals surface area contributed by atoms with Crippen molar-refractivity contribution in [3.05, 3.63) is 55.7 Å². The largest absolute Gasteiger partial charge is 0.336 e. The van der Waals surface area contributed by atoms with E-state index in [2.05, 4.69) is 45.1 Å². The predicted molar refractivity (Wildman–Crippen MR) is 102 cm³/mol. The van der Waals surface area contributed by atoms with E-state index in [0.717, 1.165) is 44.7 Å². The fraction of sp³-hybridized carbons (Fsp3) is 0.421. The van der Waals surface area contributed by atoms with Crippen LogP contribution in [0.25, 0.3) is 0 Å². The van der Waals surface area contributed by atoms with E-state index in [0.29, 0.717) is 0 Å². The zero-order valence-electron chi connectivity index (χ0n) is 13.6. The summed E-state index contributed by atoms with van der Waals surface area (Å²) in [7, 11) is 0. The van der Waals surface area contributed by atoms with Crippen LogP contribution < -0.4 is 0 Å². The third-order valence-electron chi connectivity index (χ3n) is 5.01. The van der Waals surface area contributed by atoms with Crippen LogP contribution in [0.1, 0.15) is 32.8 Å². The first-order chi connectivity index (χ1) is 11.7. The number of carbonyl (C=O) groups excluding carboxylic acids is 1. The Bertz CT molecular complexity index is 750. The molecule has 0 radical (unpaired) electrons. The minimum absolute atomic E-state index is 0.197. The first-order valence-electron chi connectivity index (χ1n) is 8.57. The van der Waals surface area contributed by atoms with E-state index in [4.69, 9.17) is 0 Å². The summed E-state index contributed by atoms with van der Waals surface area (Å²) < 4.78 is 1.18.